The summed E-state index contributed by atoms with van der Waals surface area (Å²) >= 11 is 1.39. The van der Waals surface area contributed by atoms with Gasteiger partial charge in [-0.05, 0) is 48.4 Å². The Morgan fingerprint density at radius 1 is 1.19 bits per heavy atom. The van der Waals surface area contributed by atoms with E-state index in [0.717, 1.165) is 59.0 Å². The summed E-state index contributed by atoms with van der Waals surface area (Å²) in [7, 11) is 0. The number of nitrogens with zero attached hydrogens (tertiary/aromatic N) is 4. The number of pyridine rings is 1. The second-order valence-corrected chi connectivity index (χ2v) is 11.4. The minimum atomic E-state index is -0.799. The van der Waals surface area contributed by atoms with E-state index < -0.39 is 6.10 Å². The van der Waals surface area contributed by atoms with Gasteiger partial charge in [-0.3, -0.25) is 0 Å². The van der Waals surface area contributed by atoms with Crippen LogP contribution in [0, 0.1) is 5.41 Å². The molecule has 1 aromatic carbocycles. The molecule has 0 bridgehead atoms. The average Bonchev–Trinajstić information content (AvgIpc) is 3.09. The maximum atomic E-state index is 9.72. The van der Waals surface area contributed by atoms with Crippen molar-refractivity contribution >= 4 is 23.4 Å². The molecule has 1 unspecified atom stereocenters. The Bertz CT molecular complexity index is 1250. The first-order chi connectivity index (χ1) is 17.3. The molecule has 9 heteroatoms. The Labute approximate surface area is 215 Å². The molecule has 0 spiro atoms. The molecule has 0 saturated heterocycles. The molecule has 2 aromatic heterocycles. The van der Waals surface area contributed by atoms with Gasteiger partial charge < -0.3 is 25.6 Å². The van der Waals surface area contributed by atoms with Crippen LogP contribution in [-0.2, 0) is 19.4 Å². The van der Waals surface area contributed by atoms with Gasteiger partial charge >= 0.3 is 0 Å². The Morgan fingerprint density at radius 2 is 2.06 bits per heavy atom. The van der Waals surface area contributed by atoms with Crippen molar-refractivity contribution in [2.75, 3.05) is 36.1 Å². The molecular weight excluding hydrogens is 474 g/mol. The van der Waals surface area contributed by atoms with Gasteiger partial charge in [0.2, 0.25) is 0 Å². The van der Waals surface area contributed by atoms with Crippen molar-refractivity contribution < 1.29 is 14.9 Å². The normalized spacial score (nSPS) is 17.5. The molecular formula is C27H33N5O3S. The molecule has 2 aliphatic rings. The highest BCUT2D eigenvalue weighted by Crippen LogP contribution is 2.39. The van der Waals surface area contributed by atoms with Crippen LogP contribution in [0.4, 0.5) is 11.6 Å². The topological polar surface area (TPSA) is 118 Å². The van der Waals surface area contributed by atoms with Gasteiger partial charge in [0.25, 0.3) is 0 Å². The predicted octanol–water partition coefficient (Wildman–Crippen LogP) is 3.48. The number of aromatic nitrogens is 3. The molecule has 4 N–H and O–H groups in total. The third-order valence-electron chi connectivity index (χ3n) is 6.90. The van der Waals surface area contributed by atoms with Crippen molar-refractivity contribution in [3.05, 3.63) is 53.6 Å². The third kappa shape index (κ3) is 5.28. The van der Waals surface area contributed by atoms with Crippen molar-refractivity contribution in [2.45, 2.75) is 50.7 Å². The van der Waals surface area contributed by atoms with E-state index in [0.29, 0.717) is 24.7 Å². The fourth-order valence-electron chi connectivity index (χ4n) is 4.85. The zero-order valence-electron chi connectivity index (χ0n) is 20.8. The van der Waals surface area contributed by atoms with Crippen molar-refractivity contribution in [3.8, 4) is 16.9 Å². The smallest absolute Gasteiger partial charge is 0.137 e. The van der Waals surface area contributed by atoms with Crippen molar-refractivity contribution in [1.82, 2.24) is 15.0 Å². The number of hydrogen-bond acceptors (Lipinski definition) is 9. The standard InChI is InChI=1S/C27H33N5O3S/c1-27(2)6-5-22-21(11-27)26(31-16-30-22)32-7-8-35-23-4-3-17(9-19(23)13-32)18-10-24(25(28)29-12-18)36-15-20(34)14-33/h3-4,9-10,12,16,20,33-34H,5-8,11,13-15H2,1-2H3,(H2,28,29). The minimum absolute atomic E-state index is 0.241. The summed E-state index contributed by atoms with van der Waals surface area (Å²) in [5.74, 6) is 2.66. The molecule has 1 aliphatic heterocycles. The number of fused-ring (bicyclic) bond motifs is 2. The van der Waals surface area contributed by atoms with E-state index in [1.165, 1.54) is 23.0 Å². The monoisotopic (exact) mass is 507 g/mol. The second kappa shape index (κ2) is 10.2. The van der Waals surface area contributed by atoms with E-state index in [4.69, 9.17) is 20.6 Å². The quantitative estimate of drug-likeness (QED) is 0.431. The third-order valence-corrected chi connectivity index (χ3v) is 8.09. The summed E-state index contributed by atoms with van der Waals surface area (Å²) in [4.78, 5) is 16.8. The van der Waals surface area contributed by atoms with Crippen molar-refractivity contribution in [3.63, 3.8) is 0 Å². The lowest BCUT2D eigenvalue weighted by molar-refractivity contribution is 0.113. The lowest BCUT2D eigenvalue weighted by Gasteiger charge is -2.33. The summed E-state index contributed by atoms with van der Waals surface area (Å²) in [5, 5.41) is 18.8. The van der Waals surface area contributed by atoms with Gasteiger partial charge in [0.15, 0.2) is 0 Å². The van der Waals surface area contributed by atoms with Gasteiger partial charge in [-0.15, -0.1) is 11.8 Å². The summed E-state index contributed by atoms with van der Waals surface area (Å²) in [6, 6.07) is 8.19. The van der Waals surface area contributed by atoms with Crippen LogP contribution in [0.1, 0.15) is 37.1 Å². The van der Waals surface area contributed by atoms with E-state index in [2.05, 4.69) is 34.8 Å². The van der Waals surface area contributed by atoms with Crippen LogP contribution >= 0.6 is 11.8 Å². The Morgan fingerprint density at radius 3 is 2.89 bits per heavy atom. The van der Waals surface area contributed by atoms with Crippen LogP contribution in [0.25, 0.3) is 11.1 Å². The van der Waals surface area contributed by atoms with Crippen LogP contribution in [0.5, 0.6) is 5.75 Å². The largest absolute Gasteiger partial charge is 0.491 e. The lowest BCUT2D eigenvalue weighted by atomic mass is 9.76. The van der Waals surface area contributed by atoms with E-state index in [-0.39, 0.29) is 12.0 Å². The summed E-state index contributed by atoms with van der Waals surface area (Å²) in [6.07, 6.45) is 5.77. The summed E-state index contributed by atoms with van der Waals surface area (Å²) < 4.78 is 6.12. The molecule has 0 radical (unpaired) electrons. The first-order valence-electron chi connectivity index (χ1n) is 12.3. The maximum absolute atomic E-state index is 9.72. The number of rotatable bonds is 6. The minimum Gasteiger partial charge on any atom is -0.491 e. The SMILES string of the molecule is CC1(C)CCc2ncnc(N3CCOc4ccc(-c5cnc(N)c(SCC(O)CO)c5)cc4C3)c2C1. The first-order valence-corrected chi connectivity index (χ1v) is 13.3. The Balaban J connectivity index is 1.43. The number of benzene rings is 1. The number of nitrogens with two attached hydrogens (primary N) is 1. The lowest BCUT2D eigenvalue weighted by Crippen LogP contribution is -2.31. The number of hydrogen-bond donors (Lipinski definition) is 3. The second-order valence-electron chi connectivity index (χ2n) is 10.3. The number of anilines is 2. The van der Waals surface area contributed by atoms with E-state index in [1.807, 2.05) is 18.2 Å². The van der Waals surface area contributed by atoms with Crippen molar-refractivity contribution in [2.24, 2.45) is 5.41 Å². The summed E-state index contributed by atoms with van der Waals surface area (Å²) in [6.45, 7) is 6.39. The van der Waals surface area contributed by atoms with Gasteiger partial charge in [-0.2, -0.15) is 0 Å². The Hall–Kier alpha value is -2.88. The molecule has 3 aromatic rings. The van der Waals surface area contributed by atoms with Crippen LogP contribution in [0.3, 0.4) is 0 Å². The molecule has 5 rings (SSSR count). The zero-order chi connectivity index (χ0) is 25.3. The van der Waals surface area contributed by atoms with Gasteiger partial charge in [0, 0.05) is 40.9 Å². The van der Waals surface area contributed by atoms with Crippen LogP contribution in [-0.4, -0.2) is 56.8 Å². The van der Waals surface area contributed by atoms with E-state index in [9.17, 15) is 5.11 Å². The fourth-order valence-corrected chi connectivity index (χ4v) is 5.74. The first kappa shape index (κ1) is 24.8. The highest BCUT2D eigenvalue weighted by molar-refractivity contribution is 7.99. The van der Waals surface area contributed by atoms with E-state index >= 15 is 0 Å². The number of aryl methyl sites for hydroxylation is 1. The fraction of sp³-hybridized carbons (Fsp3) is 0.444. The van der Waals surface area contributed by atoms with Crippen LogP contribution < -0.4 is 15.4 Å². The maximum Gasteiger partial charge on any atom is 0.137 e. The molecule has 0 saturated carbocycles. The van der Waals surface area contributed by atoms with E-state index in [1.54, 1.807) is 12.5 Å². The predicted molar refractivity (Wildman–Crippen MR) is 142 cm³/mol. The van der Waals surface area contributed by atoms with Crippen LogP contribution in [0.2, 0.25) is 0 Å². The van der Waals surface area contributed by atoms with Crippen LogP contribution in [0.15, 0.2) is 41.7 Å². The Kier molecular flexibility index (Phi) is 7.05. The number of aliphatic hydroxyl groups is 2. The summed E-state index contributed by atoms with van der Waals surface area (Å²) in [5.41, 5.74) is 11.8. The number of aliphatic hydroxyl groups excluding tert-OH is 2. The van der Waals surface area contributed by atoms with Gasteiger partial charge in [0.1, 0.15) is 30.3 Å². The molecule has 36 heavy (non-hydrogen) atoms. The van der Waals surface area contributed by atoms with Gasteiger partial charge in [0.05, 0.1) is 24.2 Å². The highest BCUT2D eigenvalue weighted by Gasteiger charge is 2.30. The number of ether oxygens (including phenoxy) is 1. The molecule has 1 aliphatic carbocycles. The molecule has 8 nitrogen and oxygen atoms in total. The number of nitrogen functional groups attached to an aromatic ring is 1. The molecule has 1 atom stereocenters. The van der Waals surface area contributed by atoms with Crippen molar-refractivity contribution in [1.29, 1.82) is 0 Å². The molecule has 0 fully saturated rings. The number of thioether (sulfide) groups is 1. The van der Waals surface area contributed by atoms with Gasteiger partial charge in [-0.1, -0.05) is 19.9 Å². The molecule has 190 valence electrons. The zero-order valence-corrected chi connectivity index (χ0v) is 21.6. The van der Waals surface area contributed by atoms with Gasteiger partial charge in [-0.25, -0.2) is 15.0 Å². The molecule has 3 heterocycles. The average molecular weight is 508 g/mol. The highest BCUT2D eigenvalue weighted by atomic mass is 32.2. The molecule has 0 amide bonds.